The SMILES string of the molecule is CO[C@H]1CN(C(C)C)[C@H]1C1CCN(C(=O)C2CCCCC2)CC1. The Kier molecular flexibility index (Phi) is 5.63. The second-order valence-electron chi connectivity index (χ2n) is 8.05. The van der Waals surface area contributed by atoms with Crippen LogP contribution in [-0.2, 0) is 9.53 Å². The van der Waals surface area contributed by atoms with Crippen molar-refractivity contribution in [1.29, 1.82) is 0 Å². The lowest BCUT2D eigenvalue weighted by molar-refractivity contribution is -0.144. The zero-order valence-corrected chi connectivity index (χ0v) is 15.2. The van der Waals surface area contributed by atoms with Gasteiger partial charge in [0.25, 0.3) is 0 Å². The first-order valence-electron chi connectivity index (χ1n) is 9.69. The lowest BCUT2D eigenvalue weighted by Crippen LogP contribution is -2.66. The molecule has 2 heterocycles. The molecule has 132 valence electrons. The van der Waals surface area contributed by atoms with Crippen LogP contribution < -0.4 is 0 Å². The third-order valence-corrected chi connectivity index (χ3v) is 6.41. The number of carbonyl (C=O) groups is 1. The van der Waals surface area contributed by atoms with Crippen LogP contribution in [0.5, 0.6) is 0 Å². The Bertz CT molecular complexity index is 398. The van der Waals surface area contributed by atoms with Gasteiger partial charge in [-0.2, -0.15) is 0 Å². The van der Waals surface area contributed by atoms with Crippen molar-refractivity contribution in [2.75, 3.05) is 26.7 Å². The van der Waals surface area contributed by atoms with Gasteiger partial charge in [0.15, 0.2) is 0 Å². The molecule has 0 aromatic carbocycles. The molecule has 0 radical (unpaired) electrons. The van der Waals surface area contributed by atoms with Gasteiger partial charge >= 0.3 is 0 Å². The highest BCUT2D eigenvalue weighted by Gasteiger charge is 2.46. The monoisotopic (exact) mass is 322 g/mol. The molecule has 0 bridgehead atoms. The molecule has 3 rings (SSSR count). The van der Waals surface area contributed by atoms with E-state index in [0.717, 1.165) is 45.3 Å². The Hall–Kier alpha value is -0.610. The third kappa shape index (κ3) is 3.58. The van der Waals surface area contributed by atoms with Crippen molar-refractivity contribution >= 4 is 5.91 Å². The summed E-state index contributed by atoms with van der Waals surface area (Å²) in [5.74, 6) is 1.45. The topological polar surface area (TPSA) is 32.8 Å². The van der Waals surface area contributed by atoms with Crippen molar-refractivity contribution in [2.24, 2.45) is 11.8 Å². The summed E-state index contributed by atoms with van der Waals surface area (Å²) in [5.41, 5.74) is 0. The molecule has 4 nitrogen and oxygen atoms in total. The normalized spacial score (nSPS) is 31.4. The van der Waals surface area contributed by atoms with Crippen molar-refractivity contribution in [1.82, 2.24) is 9.80 Å². The first kappa shape index (κ1) is 17.2. The largest absolute Gasteiger partial charge is 0.378 e. The highest BCUT2D eigenvalue weighted by Crippen LogP contribution is 2.36. The number of nitrogens with zero attached hydrogens (tertiary/aromatic N) is 2. The lowest BCUT2D eigenvalue weighted by atomic mass is 9.79. The number of likely N-dealkylation sites (tertiary alicyclic amines) is 2. The van der Waals surface area contributed by atoms with Crippen LogP contribution >= 0.6 is 0 Å². The van der Waals surface area contributed by atoms with Crippen molar-refractivity contribution in [3.8, 4) is 0 Å². The average molecular weight is 322 g/mol. The van der Waals surface area contributed by atoms with E-state index in [-0.39, 0.29) is 0 Å². The van der Waals surface area contributed by atoms with Gasteiger partial charge in [0.2, 0.25) is 5.91 Å². The molecule has 2 atom stereocenters. The summed E-state index contributed by atoms with van der Waals surface area (Å²) in [4.78, 5) is 17.4. The Labute approximate surface area is 141 Å². The molecule has 1 saturated carbocycles. The fourth-order valence-electron chi connectivity index (χ4n) is 4.93. The first-order valence-corrected chi connectivity index (χ1v) is 9.69. The lowest BCUT2D eigenvalue weighted by Gasteiger charge is -2.54. The molecule has 4 heteroatoms. The molecule has 0 unspecified atom stereocenters. The molecule has 23 heavy (non-hydrogen) atoms. The number of carbonyl (C=O) groups excluding carboxylic acids is 1. The minimum Gasteiger partial charge on any atom is -0.378 e. The number of rotatable bonds is 4. The van der Waals surface area contributed by atoms with E-state index in [4.69, 9.17) is 4.74 Å². The molecule has 0 N–H and O–H groups in total. The molecule has 1 aliphatic carbocycles. The highest BCUT2D eigenvalue weighted by atomic mass is 16.5. The summed E-state index contributed by atoms with van der Waals surface area (Å²) in [6.07, 6.45) is 8.72. The molecule has 0 aromatic heterocycles. The minimum absolute atomic E-state index is 0.322. The zero-order chi connectivity index (χ0) is 16.4. The van der Waals surface area contributed by atoms with Gasteiger partial charge in [0.05, 0.1) is 6.10 Å². The first-order chi connectivity index (χ1) is 11.1. The molecular formula is C19H34N2O2. The third-order valence-electron chi connectivity index (χ3n) is 6.41. The minimum atomic E-state index is 0.322. The standard InChI is InChI=1S/C19H34N2O2/c1-14(2)21-13-17(23-3)18(21)15-9-11-20(12-10-15)19(22)16-7-5-4-6-8-16/h14-18H,4-13H2,1-3H3/t17-,18-/m0/s1. The molecule has 2 saturated heterocycles. The molecule has 3 aliphatic rings. The summed E-state index contributed by atoms with van der Waals surface area (Å²) in [6.45, 7) is 7.54. The summed E-state index contributed by atoms with van der Waals surface area (Å²) in [6, 6.07) is 1.15. The second kappa shape index (κ2) is 7.52. The van der Waals surface area contributed by atoms with Crippen LogP contribution in [0.15, 0.2) is 0 Å². The number of amides is 1. The van der Waals surface area contributed by atoms with Crippen LogP contribution in [0.25, 0.3) is 0 Å². The van der Waals surface area contributed by atoms with Crippen LogP contribution in [0.2, 0.25) is 0 Å². The quantitative estimate of drug-likeness (QED) is 0.798. The number of methoxy groups -OCH3 is 1. The average Bonchev–Trinajstić information content (AvgIpc) is 2.55. The maximum Gasteiger partial charge on any atom is 0.225 e. The zero-order valence-electron chi connectivity index (χ0n) is 15.2. The van der Waals surface area contributed by atoms with Crippen molar-refractivity contribution in [2.45, 2.75) is 77.0 Å². The van der Waals surface area contributed by atoms with Gasteiger partial charge in [0.1, 0.15) is 0 Å². The van der Waals surface area contributed by atoms with Gasteiger partial charge in [-0.25, -0.2) is 0 Å². The molecular weight excluding hydrogens is 288 g/mol. The van der Waals surface area contributed by atoms with Gasteiger partial charge in [-0.1, -0.05) is 19.3 Å². The molecule has 2 aliphatic heterocycles. The Balaban J connectivity index is 1.52. The Morgan fingerprint density at radius 3 is 2.26 bits per heavy atom. The number of hydrogen-bond donors (Lipinski definition) is 0. The summed E-state index contributed by atoms with van der Waals surface area (Å²) in [5, 5.41) is 0. The van der Waals surface area contributed by atoms with E-state index >= 15 is 0 Å². The number of hydrogen-bond acceptors (Lipinski definition) is 3. The van der Waals surface area contributed by atoms with Gasteiger partial charge in [0, 0.05) is 44.7 Å². The van der Waals surface area contributed by atoms with Crippen LogP contribution in [0.4, 0.5) is 0 Å². The highest BCUT2D eigenvalue weighted by molar-refractivity contribution is 5.79. The van der Waals surface area contributed by atoms with E-state index in [1.165, 1.54) is 19.3 Å². The van der Waals surface area contributed by atoms with E-state index in [2.05, 4.69) is 23.6 Å². The fraction of sp³-hybridized carbons (Fsp3) is 0.947. The Morgan fingerprint density at radius 1 is 1.04 bits per heavy atom. The molecule has 1 amide bonds. The van der Waals surface area contributed by atoms with Crippen molar-refractivity contribution in [3.05, 3.63) is 0 Å². The summed E-state index contributed by atoms with van der Waals surface area (Å²) < 4.78 is 5.68. The van der Waals surface area contributed by atoms with Gasteiger partial charge < -0.3 is 9.64 Å². The predicted molar refractivity (Wildman–Crippen MR) is 92.3 cm³/mol. The predicted octanol–water partition coefficient (Wildman–Crippen LogP) is 2.91. The van der Waals surface area contributed by atoms with Crippen LogP contribution in [0.1, 0.15) is 58.8 Å². The molecule has 0 spiro atoms. The van der Waals surface area contributed by atoms with E-state index in [1.807, 2.05) is 7.11 Å². The van der Waals surface area contributed by atoms with E-state index < -0.39 is 0 Å². The van der Waals surface area contributed by atoms with Gasteiger partial charge in [-0.05, 0) is 45.4 Å². The fourth-order valence-corrected chi connectivity index (χ4v) is 4.93. The van der Waals surface area contributed by atoms with Gasteiger partial charge in [-0.3, -0.25) is 9.69 Å². The summed E-state index contributed by atoms with van der Waals surface area (Å²) >= 11 is 0. The second-order valence-corrected chi connectivity index (χ2v) is 8.05. The maximum atomic E-state index is 12.7. The molecule has 3 fully saturated rings. The smallest absolute Gasteiger partial charge is 0.225 e. The summed E-state index contributed by atoms with van der Waals surface area (Å²) in [7, 11) is 1.84. The van der Waals surface area contributed by atoms with E-state index in [9.17, 15) is 4.79 Å². The van der Waals surface area contributed by atoms with Crippen LogP contribution in [0, 0.1) is 11.8 Å². The number of piperidine rings is 1. The number of ether oxygens (including phenoxy) is 1. The van der Waals surface area contributed by atoms with Crippen LogP contribution in [0.3, 0.4) is 0 Å². The van der Waals surface area contributed by atoms with Crippen molar-refractivity contribution < 1.29 is 9.53 Å². The van der Waals surface area contributed by atoms with Crippen molar-refractivity contribution in [3.63, 3.8) is 0 Å². The van der Waals surface area contributed by atoms with Crippen LogP contribution in [-0.4, -0.2) is 60.6 Å². The molecule has 0 aromatic rings. The van der Waals surface area contributed by atoms with E-state index in [1.54, 1.807) is 0 Å². The van der Waals surface area contributed by atoms with Gasteiger partial charge in [-0.15, -0.1) is 0 Å². The Morgan fingerprint density at radius 2 is 1.70 bits per heavy atom. The van der Waals surface area contributed by atoms with E-state index in [0.29, 0.717) is 35.9 Å². The maximum absolute atomic E-state index is 12.7.